The predicted molar refractivity (Wildman–Crippen MR) is 193 cm³/mol. The number of thioether (sulfide) groups is 1. The van der Waals surface area contributed by atoms with Crippen LogP contribution in [0.15, 0.2) is 0 Å². The van der Waals surface area contributed by atoms with Crippen LogP contribution in [0.3, 0.4) is 0 Å². The van der Waals surface area contributed by atoms with Gasteiger partial charge in [0.2, 0.25) is 23.6 Å². The maximum Gasteiger partial charge on any atom is 0.408 e. The normalized spacial score (nSPS) is 15.6. The SMILES string of the molecule is CCCCNC(=O)[C@@H](NC(=O)[C@H](C)C[C@H](O)[C@H](CC(C)C)NC(=O)[C@H](CCSC)NC(=O)[C@H](CC(C)C)NC(=O)OC(C)(C)C)C(C)C. The Balaban J connectivity index is 5.79. The summed E-state index contributed by atoms with van der Waals surface area (Å²) >= 11 is 1.53. The molecule has 0 rings (SSSR count). The number of alkyl carbamates (subject to hydrolysis) is 1. The number of hydrogen-bond donors (Lipinski definition) is 6. The summed E-state index contributed by atoms with van der Waals surface area (Å²) in [6, 6.07) is -3.22. The molecular weight excluding hydrogens is 634 g/mol. The summed E-state index contributed by atoms with van der Waals surface area (Å²) in [7, 11) is 0. The fourth-order valence-corrected chi connectivity index (χ4v) is 5.47. The standard InChI is InChI=1S/C35H67N5O7S/c1-13-14-16-36-33(45)29(23(6)7)40-30(42)24(8)20-28(41)26(18-21(2)3)38-31(43)25(15-17-48-12)37-32(44)27(19-22(4)5)39-34(46)47-35(9,10)11/h21-29,41H,13-20H2,1-12H3,(H,36,45)(H,37,44)(H,38,43)(H,39,46)(H,40,42)/t24-,25+,26+,27+,28+,29+/m1/s1. The van der Waals surface area contributed by atoms with E-state index in [9.17, 15) is 29.1 Å². The van der Waals surface area contributed by atoms with Crippen molar-refractivity contribution in [2.45, 2.75) is 151 Å². The van der Waals surface area contributed by atoms with E-state index in [1.54, 1.807) is 27.7 Å². The molecule has 0 aliphatic heterocycles. The van der Waals surface area contributed by atoms with E-state index in [1.807, 2.05) is 54.7 Å². The smallest absolute Gasteiger partial charge is 0.408 e. The molecule has 0 saturated heterocycles. The quantitative estimate of drug-likeness (QED) is 0.0914. The van der Waals surface area contributed by atoms with Gasteiger partial charge in [-0.1, -0.05) is 61.8 Å². The highest BCUT2D eigenvalue weighted by Gasteiger charge is 2.33. The third-order valence-electron chi connectivity index (χ3n) is 7.59. The minimum absolute atomic E-state index is 0.0594. The van der Waals surface area contributed by atoms with Crippen molar-refractivity contribution in [1.29, 1.82) is 0 Å². The average Bonchev–Trinajstić information content (AvgIpc) is 2.95. The summed E-state index contributed by atoms with van der Waals surface area (Å²) in [5.41, 5.74) is -0.743. The van der Waals surface area contributed by atoms with Crippen molar-refractivity contribution in [2.24, 2.45) is 23.7 Å². The van der Waals surface area contributed by atoms with Gasteiger partial charge in [0.15, 0.2) is 0 Å². The first-order valence-corrected chi connectivity index (χ1v) is 19.0. The molecule has 0 aliphatic rings. The highest BCUT2D eigenvalue weighted by Crippen LogP contribution is 2.17. The molecule has 0 spiro atoms. The molecule has 5 amide bonds. The van der Waals surface area contributed by atoms with E-state index < -0.39 is 59.7 Å². The largest absolute Gasteiger partial charge is 0.444 e. The average molecular weight is 702 g/mol. The number of nitrogens with one attached hydrogen (secondary N) is 5. The Bertz CT molecular complexity index is 1000. The van der Waals surface area contributed by atoms with Crippen LogP contribution >= 0.6 is 11.8 Å². The Morgan fingerprint density at radius 2 is 1.33 bits per heavy atom. The van der Waals surface area contributed by atoms with Gasteiger partial charge in [-0.15, -0.1) is 0 Å². The fraction of sp³-hybridized carbons (Fsp3) is 0.857. The molecule has 13 heteroatoms. The zero-order valence-electron chi connectivity index (χ0n) is 31.7. The summed E-state index contributed by atoms with van der Waals surface area (Å²) in [6.07, 6.45) is 3.08. The van der Waals surface area contributed by atoms with Crippen LogP contribution in [-0.2, 0) is 23.9 Å². The lowest BCUT2D eigenvalue weighted by Gasteiger charge is -2.30. The first kappa shape index (κ1) is 45.5. The van der Waals surface area contributed by atoms with Crippen molar-refractivity contribution >= 4 is 41.5 Å². The minimum atomic E-state index is -1.06. The number of rotatable bonds is 22. The number of aliphatic hydroxyl groups excluding tert-OH is 1. The third-order valence-corrected chi connectivity index (χ3v) is 8.24. The maximum absolute atomic E-state index is 13.7. The molecule has 0 saturated carbocycles. The van der Waals surface area contributed by atoms with Gasteiger partial charge in [0, 0.05) is 12.5 Å². The van der Waals surface area contributed by atoms with Crippen molar-refractivity contribution in [1.82, 2.24) is 26.6 Å². The Hall–Kier alpha value is -2.54. The lowest BCUT2D eigenvalue weighted by molar-refractivity contribution is -0.133. The number of hydrogen-bond acceptors (Lipinski definition) is 8. The number of carbonyl (C=O) groups is 5. The highest BCUT2D eigenvalue weighted by molar-refractivity contribution is 7.98. The summed E-state index contributed by atoms with van der Waals surface area (Å²) in [6.45, 7) is 21.0. The monoisotopic (exact) mass is 701 g/mol. The van der Waals surface area contributed by atoms with E-state index in [2.05, 4.69) is 26.6 Å². The fourth-order valence-electron chi connectivity index (χ4n) is 5.00. The molecule has 0 fully saturated rings. The number of aliphatic hydroxyl groups is 1. The molecule has 6 atom stereocenters. The molecule has 0 unspecified atom stereocenters. The molecule has 0 aliphatic carbocycles. The predicted octanol–water partition coefficient (Wildman–Crippen LogP) is 4.14. The van der Waals surface area contributed by atoms with Crippen LogP contribution in [0.1, 0.15) is 115 Å². The van der Waals surface area contributed by atoms with Gasteiger partial charge in [-0.3, -0.25) is 19.2 Å². The van der Waals surface area contributed by atoms with E-state index >= 15 is 0 Å². The number of amides is 5. The molecule has 0 radical (unpaired) electrons. The van der Waals surface area contributed by atoms with E-state index in [-0.39, 0.29) is 36.0 Å². The summed E-state index contributed by atoms with van der Waals surface area (Å²) in [5, 5.41) is 25.4. The van der Waals surface area contributed by atoms with Crippen molar-refractivity contribution in [3.63, 3.8) is 0 Å². The summed E-state index contributed by atoms with van der Waals surface area (Å²) in [5.74, 6) is -1.54. The van der Waals surface area contributed by atoms with Crippen LogP contribution in [0.5, 0.6) is 0 Å². The van der Waals surface area contributed by atoms with Gasteiger partial charge in [0.1, 0.15) is 23.7 Å². The molecule has 0 aromatic heterocycles. The van der Waals surface area contributed by atoms with Gasteiger partial charge >= 0.3 is 6.09 Å². The number of carbonyl (C=O) groups excluding carboxylic acids is 5. The molecule has 48 heavy (non-hydrogen) atoms. The number of ether oxygens (including phenoxy) is 1. The highest BCUT2D eigenvalue weighted by atomic mass is 32.2. The lowest BCUT2D eigenvalue weighted by atomic mass is 9.91. The van der Waals surface area contributed by atoms with Crippen molar-refractivity contribution in [3.05, 3.63) is 0 Å². The van der Waals surface area contributed by atoms with Crippen molar-refractivity contribution in [2.75, 3.05) is 18.6 Å². The lowest BCUT2D eigenvalue weighted by Crippen LogP contribution is -2.57. The molecular formula is C35H67N5O7S. The van der Waals surface area contributed by atoms with Gasteiger partial charge in [-0.25, -0.2) is 4.79 Å². The maximum atomic E-state index is 13.7. The number of unbranched alkanes of at least 4 members (excludes halogenated alkanes) is 1. The Morgan fingerprint density at radius 3 is 1.83 bits per heavy atom. The molecule has 0 aromatic rings. The second-order valence-electron chi connectivity index (χ2n) is 15.0. The van der Waals surface area contributed by atoms with Crippen LogP contribution in [-0.4, -0.2) is 89.3 Å². The molecule has 12 nitrogen and oxygen atoms in total. The van der Waals surface area contributed by atoms with Crippen LogP contribution < -0.4 is 26.6 Å². The van der Waals surface area contributed by atoms with Crippen LogP contribution in [0.2, 0.25) is 0 Å². The summed E-state index contributed by atoms with van der Waals surface area (Å²) in [4.78, 5) is 65.5. The van der Waals surface area contributed by atoms with Gasteiger partial charge in [0.05, 0.1) is 12.1 Å². The van der Waals surface area contributed by atoms with E-state index in [4.69, 9.17) is 4.74 Å². The molecule has 0 bridgehead atoms. The Morgan fingerprint density at radius 1 is 0.750 bits per heavy atom. The van der Waals surface area contributed by atoms with Crippen molar-refractivity contribution < 1.29 is 33.8 Å². The second-order valence-corrected chi connectivity index (χ2v) is 16.0. The first-order valence-electron chi connectivity index (χ1n) is 17.6. The van der Waals surface area contributed by atoms with Gasteiger partial charge in [-0.2, -0.15) is 11.8 Å². The van der Waals surface area contributed by atoms with E-state index in [0.29, 0.717) is 31.6 Å². The van der Waals surface area contributed by atoms with E-state index in [0.717, 1.165) is 12.8 Å². The zero-order valence-corrected chi connectivity index (χ0v) is 32.5. The minimum Gasteiger partial charge on any atom is -0.444 e. The van der Waals surface area contributed by atoms with Crippen LogP contribution in [0.4, 0.5) is 4.79 Å². The first-order chi connectivity index (χ1) is 22.2. The van der Waals surface area contributed by atoms with Gasteiger partial charge in [-0.05, 0) is 82.6 Å². The van der Waals surface area contributed by atoms with Gasteiger partial charge in [0.25, 0.3) is 0 Å². The van der Waals surface area contributed by atoms with Crippen molar-refractivity contribution in [3.8, 4) is 0 Å². The van der Waals surface area contributed by atoms with E-state index in [1.165, 1.54) is 11.8 Å². The molecule has 0 aromatic carbocycles. The zero-order chi connectivity index (χ0) is 37.2. The Labute approximate surface area is 294 Å². The molecule has 280 valence electrons. The second kappa shape index (κ2) is 23.0. The molecule has 0 heterocycles. The summed E-state index contributed by atoms with van der Waals surface area (Å²) < 4.78 is 5.36. The van der Waals surface area contributed by atoms with Crippen LogP contribution in [0.25, 0.3) is 0 Å². The Kier molecular flexibility index (Phi) is 21.8. The topological polar surface area (TPSA) is 175 Å². The third kappa shape index (κ3) is 19.5. The molecule has 6 N–H and O–H groups in total. The van der Waals surface area contributed by atoms with Crippen LogP contribution in [0, 0.1) is 23.7 Å². The van der Waals surface area contributed by atoms with Gasteiger partial charge < -0.3 is 36.4 Å².